The van der Waals surface area contributed by atoms with Crippen LogP contribution in [-0.2, 0) is 6.61 Å². The van der Waals surface area contributed by atoms with Crippen molar-refractivity contribution in [3.63, 3.8) is 0 Å². The molecule has 0 bridgehead atoms. The van der Waals surface area contributed by atoms with E-state index in [0.717, 1.165) is 0 Å². The number of benzene rings is 2. The van der Waals surface area contributed by atoms with Gasteiger partial charge in [0.05, 0.1) is 10.7 Å². The second kappa shape index (κ2) is 5.06. The van der Waals surface area contributed by atoms with Gasteiger partial charge >= 0.3 is 0 Å². The third kappa shape index (κ3) is 2.68. The van der Waals surface area contributed by atoms with E-state index in [9.17, 15) is 4.39 Å². The van der Waals surface area contributed by atoms with Crippen molar-refractivity contribution in [2.45, 2.75) is 6.61 Å². The molecule has 0 atom stereocenters. The van der Waals surface area contributed by atoms with Gasteiger partial charge in [0.15, 0.2) is 0 Å². The highest BCUT2D eigenvalue weighted by Crippen LogP contribution is 2.24. The van der Waals surface area contributed by atoms with Gasteiger partial charge in [-0.05, 0) is 18.2 Å². The fourth-order valence-corrected chi connectivity index (χ4v) is 1.61. The molecule has 0 radical (unpaired) electrons. The van der Waals surface area contributed by atoms with Crippen LogP contribution in [0.25, 0.3) is 0 Å². The summed E-state index contributed by atoms with van der Waals surface area (Å²) >= 11 is 5.81. The van der Waals surface area contributed by atoms with Crippen molar-refractivity contribution in [3.05, 3.63) is 58.9 Å². The number of nitrogens with two attached hydrogens (primary N) is 1. The minimum atomic E-state index is -0.450. The van der Waals surface area contributed by atoms with Crippen LogP contribution in [0.2, 0.25) is 5.02 Å². The highest BCUT2D eigenvalue weighted by molar-refractivity contribution is 6.31. The van der Waals surface area contributed by atoms with E-state index in [4.69, 9.17) is 22.1 Å². The van der Waals surface area contributed by atoms with Gasteiger partial charge in [0.1, 0.15) is 18.2 Å². The zero-order valence-corrected chi connectivity index (χ0v) is 9.75. The maximum Gasteiger partial charge on any atom is 0.142 e. The molecule has 0 fully saturated rings. The Labute approximate surface area is 104 Å². The average molecular weight is 252 g/mol. The Balaban J connectivity index is 2.13. The third-order valence-corrected chi connectivity index (χ3v) is 2.76. The van der Waals surface area contributed by atoms with Crippen molar-refractivity contribution in [2.75, 3.05) is 5.73 Å². The Morgan fingerprint density at radius 1 is 1.12 bits per heavy atom. The first kappa shape index (κ1) is 11.7. The quantitative estimate of drug-likeness (QED) is 0.846. The Morgan fingerprint density at radius 3 is 2.65 bits per heavy atom. The topological polar surface area (TPSA) is 35.2 Å². The first-order valence-corrected chi connectivity index (χ1v) is 5.46. The second-order valence-corrected chi connectivity index (χ2v) is 3.92. The molecule has 0 aliphatic carbocycles. The van der Waals surface area contributed by atoms with E-state index < -0.39 is 5.82 Å². The Bertz CT molecular complexity index is 531. The maximum absolute atomic E-state index is 13.2. The molecule has 88 valence electrons. The van der Waals surface area contributed by atoms with Gasteiger partial charge in [-0.2, -0.15) is 0 Å². The van der Waals surface area contributed by atoms with Crippen molar-refractivity contribution < 1.29 is 9.13 Å². The molecule has 0 amide bonds. The summed E-state index contributed by atoms with van der Waals surface area (Å²) in [5, 5.41) is 0.0852. The minimum absolute atomic E-state index is 0.0852. The summed E-state index contributed by atoms with van der Waals surface area (Å²) in [5.74, 6) is 0.113. The molecular weight excluding hydrogens is 241 g/mol. The average Bonchev–Trinajstić information content (AvgIpc) is 2.33. The molecular formula is C13H11ClFNO. The summed E-state index contributed by atoms with van der Waals surface area (Å²) < 4.78 is 18.7. The maximum atomic E-state index is 13.2. The number of hydrogen-bond donors (Lipinski definition) is 1. The molecule has 0 aliphatic heterocycles. The van der Waals surface area contributed by atoms with E-state index in [2.05, 4.69) is 0 Å². The van der Waals surface area contributed by atoms with Crippen LogP contribution in [0.4, 0.5) is 10.1 Å². The normalized spacial score (nSPS) is 10.2. The van der Waals surface area contributed by atoms with Crippen LogP contribution in [-0.4, -0.2) is 0 Å². The number of rotatable bonds is 3. The molecule has 0 heterocycles. The van der Waals surface area contributed by atoms with Gasteiger partial charge in [0, 0.05) is 5.56 Å². The van der Waals surface area contributed by atoms with Crippen LogP contribution in [0.1, 0.15) is 5.56 Å². The molecule has 0 unspecified atom stereocenters. The smallest absolute Gasteiger partial charge is 0.142 e. The number of nitrogen functional groups attached to an aromatic ring is 1. The Morgan fingerprint density at radius 2 is 1.88 bits per heavy atom. The molecule has 2 N–H and O–H groups in total. The predicted octanol–water partition coefficient (Wildman–Crippen LogP) is 3.64. The molecule has 0 aliphatic rings. The standard InChI is InChI=1S/C13H11ClFNO/c14-13-9(4-3-5-10(13)15)8-17-12-7-2-1-6-11(12)16/h1-7H,8,16H2. The minimum Gasteiger partial charge on any atom is -0.487 e. The number of ether oxygens (including phenoxy) is 1. The summed E-state index contributed by atoms with van der Waals surface area (Å²) in [4.78, 5) is 0. The van der Waals surface area contributed by atoms with Crippen LogP contribution in [0.15, 0.2) is 42.5 Å². The molecule has 0 aromatic heterocycles. The monoisotopic (exact) mass is 251 g/mol. The van der Waals surface area contributed by atoms with E-state index in [0.29, 0.717) is 17.0 Å². The lowest BCUT2D eigenvalue weighted by molar-refractivity contribution is 0.307. The highest BCUT2D eigenvalue weighted by atomic mass is 35.5. The second-order valence-electron chi connectivity index (χ2n) is 3.54. The SMILES string of the molecule is Nc1ccccc1OCc1cccc(F)c1Cl. The Kier molecular flexibility index (Phi) is 3.49. The van der Waals surface area contributed by atoms with E-state index >= 15 is 0 Å². The fraction of sp³-hybridized carbons (Fsp3) is 0.0769. The largest absolute Gasteiger partial charge is 0.487 e. The molecule has 0 saturated carbocycles. The Hall–Kier alpha value is -1.74. The number of anilines is 1. The number of hydrogen-bond acceptors (Lipinski definition) is 2. The number of para-hydroxylation sites is 2. The van der Waals surface area contributed by atoms with Gasteiger partial charge in [-0.3, -0.25) is 0 Å². The first-order chi connectivity index (χ1) is 8.18. The van der Waals surface area contributed by atoms with Gasteiger partial charge in [-0.1, -0.05) is 35.9 Å². The van der Waals surface area contributed by atoms with Crippen molar-refractivity contribution in [3.8, 4) is 5.75 Å². The van der Waals surface area contributed by atoms with Crippen molar-refractivity contribution in [1.29, 1.82) is 0 Å². The molecule has 2 aromatic rings. The molecule has 2 rings (SSSR count). The van der Waals surface area contributed by atoms with Gasteiger partial charge in [-0.25, -0.2) is 4.39 Å². The molecule has 2 aromatic carbocycles. The molecule has 17 heavy (non-hydrogen) atoms. The fourth-order valence-electron chi connectivity index (χ4n) is 1.43. The van der Waals surface area contributed by atoms with Crippen LogP contribution in [0.5, 0.6) is 5.75 Å². The predicted molar refractivity (Wildman–Crippen MR) is 66.6 cm³/mol. The highest BCUT2D eigenvalue weighted by Gasteiger charge is 2.06. The van der Waals surface area contributed by atoms with Crippen LogP contribution in [0.3, 0.4) is 0 Å². The summed E-state index contributed by atoms with van der Waals surface area (Å²) in [6.45, 7) is 0.185. The van der Waals surface area contributed by atoms with Crippen LogP contribution >= 0.6 is 11.6 Å². The molecule has 0 saturated heterocycles. The summed E-state index contributed by atoms with van der Waals surface area (Å²) in [6, 6.07) is 11.7. The van der Waals surface area contributed by atoms with Gasteiger partial charge in [0.25, 0.3) is 0 Å². The van der Waals surface area contributed by atoms with Crippen molar-refractivity contribution in [2.24, 2.45) is 0 Å². The van der Waals surface area contributed by atoms with E-state index in [1.165, 1.54) is 6.07 Å². The lowest BCUT2D eigenvalue weighted by atomic mass is 10.2. The van der Waals surface area contributed by atoms with Crippen molar-refractivity contribution >= 4 is 17.3 Å². The first-order valence-electron chi connectivity index (χ1n) is 5.08. The molecule has 4 heteroatoms. The van der Waals surface area contributed by atoms with Crippen molar-refractivity contribution in [1.82, 2.24) is 0 Å². The summed E-state index contributed by atoms with van der Waals surface area (Å²) in [7, 11) is 0. The zero-order chi connectivity index (χ0) is 12.3. The third-order valence-electron chi connectivity index (χ3n) is 2.33. The van der Waals surface area contributed by atoms with E-state index in [1.54, 1.807) is 24.3 Å². The van der Waals surface area contributed by atoms with Crippen LogP contribution < -0.4 is 10.5 Å². The lowest BCUT2D eigenvalue weighted by Gasteiger charge is -2.09. The lowest BCUT2D eigenvalue weighted by Crippen LogP contribution is -1.99. The molecule has 2 nitrogen and oxygen atoms in total. The van der Waals surface area contributed by atoms with Gasteiger partial charge in [-0.15, -0.1) is 0 Å². The van der Waals surface area contributed by atoms with E-state index in [-0.39, 0.29) is 11.6 Å². The molecule has 0 spiro atoms. The zero-order valence-electron chi connectivity index (χ0n) is 8.99. The van der Waals surface area contributed by atoms with E-state index in [1.807, 2.05) is 12.1 Å². The van der Waals surface area contributed by atoms with Gasteiger partial charge < -0.3 is 10.5 Å². The van der Waals surface area contributed by atoms with Crippen LogP contribution in [0, 0.1) is 5.82 Å². The van der Waals surface area contributed by atoms with Gasteiger partial charge in [0.2, 0.25) is 0 Å². The summed E-state index contributed by atoms with van der Waals surface area (Å²) in [5.41, 5.74) is 6.85. The number of halogens is 2. The summed E-state index contributed by atoms with van der Waals surface area (Å²) in [6.07, 6.45) is 0.